The average molecular weight is 421 g/mol. The third-order valence-corrected chi connectivity index (χ3v) is 5.64. The van der Waals surface area contributed by atoms with E-state index in [0.717, 1.165) is 30.2 Å². The van der Waals surface area contributed by atoms with Gasteiger partial charge in [-0.15, -0.1) is 10.2 Å². The largest absolute Gasteiger partial charge is 0.357 e. The van der Waals surface area contributed by atoms with E-state index in [0.29, 0.717) is 29.4 Å². The monoisotopic (exact) mass is 420 g/mol. The van der Waals surface area contributed by atoms with Crippen LogP contribution in [0.25, 0.3) is 11.5 Å². The summed E-state index contributed by atoms with van der Waals surface area (Å²) in [6.45, 7) is 10.6. The number of carbonyl (C=O) groups is 1. The van der Waals surface area contributed by atoms with Gasteiger partial charge in [-0.2, -0.15) is 0 Å². The molecule has 0 aliphatic carbocycles. The smallest absolute Gasteiger partial charge is 0.260 e. The van der Waals surface area contributed by atoms with Crippen LogP contribution in [0, 0.1) is 0 Å². The molecule has 9 heteroatoms. The van der Waals surface area contributed by atoms with Gasteiger partial charge in [-0.05, 0) is 45.9 Å². The molecule has 0 bridgehead atoms. The summed E-state index contributed by atoms with van der Waals surface area (Å²) < 4.78 is 1.96. The zero-order valence-electron chi connectivity index (χ0n) is 18.4. The molecule has 0 fully saturated rings. The van der Waals surface area contributed by atoms with Crippen molar-refractivity contribution in [2.24, 2.45) is 5.73 Å². The molecule has 4 rings (SSSR count). The molecule has 0 saturated heterocycles. The minimum absolute atomic E-state index is 0.0875. The highest BCUT2D eigenvalue weighted by Crippen LogP contribution is 2.32. The van der Waals surface area contributed by atoms with Gasteiger partial charge in [0, 0.05) is 31.2 Å². The van der Waals surface area contributed by atoms with Gasteiger partial charge in [-0.1, -0.05) is 6.07 Å². The summed E-state index contributed by atoms with van der Waals surface area (Å²) in [5.41, 5.74) is 8.95. The molecule has 31 heavy (non-hydrogen) atoms. The highest BCUT2D eigenvalue weighted by atomic mass is 16.2. The number of anilines is 2. The van der Waals surface area contributed by atoms with Crippen LogP contribution in [-0.4, -0.2) is 43.7 Å². The number of carbonyl (C=O) groups excluding carboxylic acids is 1. The van der Waals surface area contributed by atoms with Gasteiger partial charge < -0.3 is 15.2 Å². The van der Waals surface area contributed by atoms with Gasteiger partial charge in [0.05, 0.1) is 17.8 Å². The number of fused-ring (bicyclic) bond motifs is 1. The Balaban J connectivity index is 1.72. The Labute approximate surface area is 181 Å². The van der Waals surface area contributed by atoms with Crippen molar-refractivity contribution >= 4 is 17.5 Å². The van der Waals surface area contributed by atoms with Crippen LogP contribution in [0.3, 0.4) is 0 Å². The van der Waals surface area contributed by atoms with Crippen molar-refractivity contribution in [3.05, 3.63) is 47.4 Å². The van der Waals surface area contributed by atoms with Gasteiger partial charge in [0.25, 0.3) is 5.91 Å². The van der Waals surface area contributed by atoms with Crippen molar-refractivity contribution in [3.63, 3.8) is 0 Å². The topological polar surface area (TPSA) is 106 Å². The summed E-state index contributed by atoms with van der Waals surface area (Å²) in [6.07, 6.45) is 1.69. The number of nitrogens with two attached hydrogens (primary N) is 1. The van der Waals surface area contributed by atoms with Crippen molar-refractivity contribution < 1.29 is 4.79 Å². The van der Waals surface area contributed by atoms with E-state index in [1.165, 1.54) is 0 Å². The van der Waals surface area contributed by atoms with E-state index in [4.69, 9.17) is 15.7 Å². The van der Waals surface area contributed by atoms with Gasteiger partial charge >= 0.3 is 0 Å². The highest BCUT2D eigenvalue weighted by Gasteiger charge is 2.33. The van der Waals surface area contributed by atoms with Gasteiger partial charge in [0.1, 0.15) is 23.7 Å². The Morgan fingerprint density at radius 2 is 1.97 bits per heavy atom. The van der Waals surface area contributed by atoms with Crippen molar-refractivity contribution in [3.8, 4) is 11.5 Å². The minimum atomic E-state index is -0.0875. The van der Waals surface area contributed by atoms with Crippen molar-refractivity contribution in [2.45, 2.75) is 46.8 Å². The maximum absolute atomic E-state index is 13.4. The zero-order valence-corrected chi connectivity index (χ0v) is 18.4. The molecule has 0 unspecified atom stereocenters. The van der Waals surface area contributed by atoms with E-state index in [1.807, 2.05) is 28.8 Å². The van der Waals surface area contributed by atoms with Gasteiger partial charge in [-0.3, -0.25) is 9.69 Å². The maximum atomic E-state index is 13.4. The van der Waals surface area contributed by atoms with E-state index in [9.17, 15) is 4.79 Å². The Morgan fingerprint density at radius 1 is 1.19 bits per heavy atom. The van der Waals surface area contributed by atoms with Crippen molar-refractivity contribution in [1.29, 1.82) is 0 Å². The second-order valence-electron chi connectivity index (χ2n) is 7.76. The van der Waals surface area contributed by atoms with Gasteiger partial charge in [0.15, 0.2) is 5.82 Å². The summed E-state index contributed by atoms with van der Waals surface area (Å²) in [7, 11) is 0. The lowest BCUT2D eigenvalue weighted by Gasteiger charge is -2.21. The lowest BCUT2D eigenvalue weighted by molar-refractivity contribution is 0.0996. The number of hydrogen-bond donors (Lipinski definition) is 1. The van der Waals surface area contributed by atoms with Gasteiger partial charge in [-0.25, -0.2) is 9.97 Å². The number of nitrogens with zero attached hydrogens (tertiary/aromatic N) is 7. The molecule has 162 valence electrons. The van der Waals surface area contributed by atoms with Gasteiger partial charge in [0.2, 0.25) is 0 Å². The van der Waals surface area contributed by atoms with Crippen molar-refractivity contribution in [2.75, 3.05) is 22.9 Å². The molecule has 0 atom stereocenters. The Kier molecular flexibility index (Phi) is 5.69. The normalized spacial score (nSPS) is 13.2. The molecular formula is C22H28N8O. The summed E-state index contributed by atoms with van der Waals surface area (Å²) in [4.78, 5) is 26.6. The predicted molar refractivity (Wildman–Crippen MR) is 120 cm³/mol. The lowest BCUT2D eigenvalue weighted by Crippen LogP contribution is -2.25. The first-order valence-corrected chi connectivity index (χ1v) is 10.6. The first-order valence-electron chi connectivity index (χ1n) is 10.6. The molecule has 1 aliphatic heterocycles. The molecule has 0 aromatic carbocycles. The van der Waals surface area contributed by atoms with Crippen LogP contribution in [0.15, 0.2) is 30.6 Å². The standard InChI is InChI=1S/C22H28N8O/c1-5-28(6-2)20-10-15-16(18(11-23)26-20)12-29(22(15)31)19-9-7-8-17(25-19)21-27-24-13-30(21)14(3)4/h7-10,13-14H,5-6,11-12,23H2,1-4H3. The number of rotatable bonds is 7. The molecule has 2 N–H and O–H groups in total. The second-order valence-corrected chi connectivity index (χ2v) is 7.76. The molecule has 1 amide bonds. The molecule has 9 nitrogen and oxygen atoms in total. The Morgan fingerprint density at radius 3 is 2.65 bits per heavy atom. The molecular weight excluding hydrogens is 392 g/mol. The third kappa shape index (κ3) is 3.65. The predicted octanol–water partition coefficient (Wildman–Crippen LogP) is 2.78. The zero-order chi connectivity index (χ0) is 22.1. The van der Waals surface area contributed by atoms with E-state index < -0.39 is 0 Å². The fraction of sp³-hybridized carbons (Fsp3) is 0.409. The van der Waals surface area contributed by atoms with Crippen LogP contribution in [-0.2, 0) is 13.1 Å². The number of pyridine rings is 2. The maximum Gasteiger partial charge on any atom is 0.260 e. The molecule has 3 aromatic rings. The van der Waals surface area contributed by atoms with E-state index in [1.54, 1.807) is 11.2 Å². The molecule has 3 aromatic heterocycles. The van der Waals surface area contributed by atoms with Crippen LogP contribution < -0.4 is 15.5 Å². The second kappa shape index (κ2) is 8.43. The number of hydrogen-bond acceptors (Lipinski definition) is 7. The molecule has 0 radical (unpaired) electrons. The lowest BCUT2D eigenvalue weighted by atomic mass is 10.1. The Hall–Kier alpha value is -3.33. The quantitative estimate of drug-likeness (QED) is 0.626. The summed E-state index contributed by atoms with van der Waals surface area (Å²) in [5.74, 6) is 1.94. The summed E-state index contributed by atoms with van der Waals surface area (Å²) in [5, 5.41) is 8.25. The molecule has 0 saturated carbocycles. The fourth-order valence-corrected chi connectivity index (χ4v) is 3.92. The summed E-state index contributed by atoms with van der Waals surface area (Å²) >= 11 is 0. The van der Waals surface area contributed by atoms with Crippen LogP contribution in [0.4, 0.5) is 11.6 Å². The van der Waals surface area contributed by atoms with Crippen LogP contribution in [0.1, 0.15) is 55.4 Å². The number of aromatic nitrogens is 5. The number of amides is 1. The fourth-order valence-electron chi connectivity index (χ4n) is 3.92. The molecule has 1 aliphatic rings. The van der Waals surface area contributed by atoms with E-state index in [2.05, 4.69) is 42.8 Å². The van der Waals surface area contributed by atoms with Crippen molar-refractivity contribution in [1.82, 2.24) is 24.7 Å². The third-order valence-electron chi connectivity index (χ3n) is 5.64. The van der Waals surface area contributed by atoms with E-state index >= 15 is 0 Å². The molecule has 4 heterocycles. The first kappa shape index (κ1) is 20.9. The van der Waals surface area contributed by atoms with E-state index in [-0.39, 0.29) is 18.5 Å². The first-order chi connectivity index (χ1) is 15.0. The van der Waals surface area contributed by atoms with Crippen LogP contribution >= 0.6 is 0 Å². The average Bonchev–Trinajstić information content (AvgIpc) is 3.40. The SMILES string of the molecule is CCN(CC)c1cc2c(c(CN)n1)CN(c1cccc(-c3nncn3C(C)C)n1)C2=O. The Bertz CT molecular complexity index is 1100. The van der Waals surface area contributed by atoms with Crippen LogP contribution in [0.2, 0.25) is 0 Å². The summed E-state index contributed by atoms with van der Waals surface area (Å²) in [6, 6.07) is 7.68. The highest BCUT2D eigenvalue weighted by molar-refractivity contribution is 6.10. The molecule has 0 spiro atoms. The minimum Gasteiger partial charge on any atom is -0.357 e. The van der Waals surface area contributed by atoms with Crippen LogP contribution in [0.5, 0.6) is 0 Å².